The van der Waals surface area contributed by atoms with E-state index < -0.39 is 36.4 Å². The third kappa shape index (κ3) is 2.01. The molecule has 1 amide bonds. The van der Waals surface area contributed by atoms with Crippen molar-refractivity contribution in [2.75, 3.05) is 6.61 Å². The Kier molecular flexibility index (Phi) is 3.12. The summed E-state index contributed by atoms with van der Waals surface area (Å²) in [6, 6.07) is 0. The fourth-order valence-electron chi connectivity index (χ4n) is 2.09. The van der Waals surface area contributed by atoms with Gasteiger partial charge in [-0.2, -0.15) is 0 Å². The summed E-state index contributed by atoms with van der Waals surface area (Å²) in [6.07, 6.45) is -1.63. The SMILES string of the molecule is C=C1NC(=O)C=CN1[C@@H]1O[C@](F)(CO)[C@@H](F)[C@@]1(C)O. The van der Waals surface area contributed by atoms with Crippen molar-refractivity contribution in [2.45, 2.75) is 30.8 Å². The minimum atomic E-state index is -3.01. The minimum Gasteiger partial charge on any atom is -0.390 e. The van der Waals surface area contributed by atoms with Crippen molar-refractivity contribution >= 4 is 5.91 Å². The van der Waals surface area contributed by atoms with Crippen LogP contribution in [0.5, 0.6) is 0 Å². The molecule has 0 unspecified atom stereocenters. The smallest absolute Gasteiger partial charge is 0.268 e. The van der Waals surface area contributed by atoms with Crippen LogP contribution in [-0.4, -0.2) is 51.5 Å². The molecular formula is C11H14F2N2O4. The molecule has 1 saturated heterocycles. The van der Waals surface area contributed by atoms with Gasteiger partial charge in [0.2, 0.25) is 0 Å². The number of hydrogen-bond donors (Lipinski definition) is 3. The van der Waals surface area contributed by atoms with Crippen LogP contribution in [-0.2, 0) is 9.53 Å². The van der Waals surface area contributed by atoms with Crippen molar-refractivity contribution in [1.82, 2.24) is 10.2 Å². The van der Waals surface area contributed by atoms with Crippen LogP contribution in [0.15, 0.2) is 24.7 Å². The maximum atomic E-state index is 14.0. The number of hydrogen-bond acceptors (Lipinski definition) is 5. The molecule has 0 spiro atoms. The Balaban J connectivity index is 2.33. The Hall–Kier alpha value is -1.51. The van der Waals surface area contributed by atoms with Gasteiger partial charge in [-0.15, -0.1) is 0 Å². The second-order valence-corrected chi connectivity index (χ2v) is 4.66. The third-order valence-corrected chi connectivity index (χ3v) is 3.13. The number of rotatable bonds is 2. The molecule has 0 aromatic rings. The molecule has 2 rings (SSSR count). The van der Waals surface area contributed by atoms with Crippen molar-refractivity contribution in [2.24, 2.45) is 0 Å². The van der Waals surface area contributed by atoms with Crippen LogP contribution in [0.3, 0.4) is 0 Å². The molecule has 2 aliphatic rings. The average molecular weight is 276 g/mol. The molecule has 0 bridgehead atoms. The molecule has 0 aliphatic carbocycles. The highest BCUT2D eigenvalue weighted by Gasteiger charge is 2.65. The van der Waals surface area contributed by atoms with Gasteiger partial charge in [-0.3, -0.25) is 4.79 Å². The molecule has 1 fully saturated rings. The number of aliphatic hydroxyl groups excluding tert-OH is 1. The molecule has 0 aromatic carbocycles. The average Bonchev–Trinajstić information content (AvgIpc) is 2.51. The first-order chi connectivity index (χ1) is 8.72. The van der Waals surface area contributed by atoms with E-state index in [-0.39, 0.29) is 5.82 Å². The second kappa shape index (κ2) is 4.26. The first-order valence-corrected chi connectivity index (χ1v) is 5.53. The van der Waals surface area contributed by atoms with Gasteiger partial charge in [0.1, 0.15) is 18.0 Å². The standard InChI is InChI=1S/C11H14F2N2O4/c1-6-14-7(17)3-4-15(6)9-10(2,18)8(12)11(13,5-16)19-9/h3-4,8-9,16,18H,1,5H2,2H3,(H,14,17)/t8-,9+,10+,11+/m0/s1. The van der Waals surface area contributed by atoms with Crippen molar-refractivity contribution in [3.63, 3.8) is 0 Å². The van der Waals surface area contributed by atoms with E-state index in [1.807, 2.05) is 0 Å². The number of aliphatic hydroxyl groups is 2. The topological polar surface area (TPSA) is 82.0 Å². The van der Waals surface area contributed by atoms with E-state index in [0.717, 1.165) is 17.9 Å². The lowest BCUT2D eigenvalue weighted by molar-refractivity contribution is -0.201. The number of amides is 1. The van der Waals surface area contributed by atoms with Crippen molar-refractivity contribution in [3.05, 3.63) is 24.7 Å². The zero-order valence-corrected chi connectivity index (χ0v) is 10.1. The van der Waals surface area contributed by atoms with Crippen LogP contribution in [0, 0.1) is 0 Å². The molecule has 0 aromatic heterocycles. The molecule has 3 N–H and O–H groups in total. The lowest BCUT2D eigenvalue weighted by Crippen LogP contribution is -2.53. The normalized spacial score (nSPS) is 42.7. The van der Waals surface area contributed by atoms with Gasteiger partial charge in [0.25, 0.3) is 11.8 Å². The fourth-order valence-corrected chi connectivity index (χ4v) is 2.09. The zero-order chi connectivity index (χ0) is 14.4. The minimum absolute atomic E-state index is 0.00663. The molecular weight excluding hydrogens is 262 g/mol. The molecule has 2 heterocycles. The second-order valence-electron chi connectivity index (χ2n) is 4.66. The highest BCUT2D eigenvalue weighted by Crippen LogP contribution is 2.43. The Morgan fingerprint density at radius 2 is 2.32 bits per heavy atom. The largest absolute Gasteiger partial charge is 0.390 e. The first kappa shape index (κ1) is 13.9. The number of nitrogens with zero attached hydrogens (tertiary/aromatic N) is 1. The number of alkyl halides is 2. The van der Waals surface area contributed by atoms with Gasteiger partial charge in [0.05, 0.1) is 0 Å². The molecule has 8 heteroatoms. The van der Waals surface area contributed by atoms with Gasteiger partial charge in [-0.25, -0.2) is 8.78 Å². The third-order valence-electron chi connectivity index (χ3n) is 3.13. The van der Waals surface area contributed by atoms with E-state index in [0.29, 0.717) is 0 Å². The van der Waals surface area contributed by atoms with E-state index in [1.54, 1.807) is 0 Å². The zero-order valence-electron chi connectivity index (χ0n) is 10.1. The number of ether oxygens (including phenoxy) is 1. The lowest BCUT2D eigenvalue weighted by Gasteiger charge is -2.36. The van der Waals surface area contributed by atoms with Gasteiger partial charge >= 0.3 is 0 Å². The van der Waals surface area contributed by atoms with Gasteiger partial charge in [0.15, 0.2) is 12.4 Å². The Morgan fingerprint density at radius 3 is 2.79 bits per heavy atom. The maximum Gasteiger partial charge on any atom is 0.268 e. The van der Waals surface area contributed by atoms with E-state index in [1.165, 1.54) is 6.20 Å². The Morgan fingerprint density at radius 1 is 1.68 bits per heavy atom. The Bertz CT molecular complexity index is 454. The van der Waals surface area contributed by atoms with Crippen molar-refractivity contribution in [3.8, 4) is 0 Å². The summed E-state index contributed by atoms with van der Waals surface area (Å²) < 4.78 is 32.6. The number of halogens is 2. The van der Waals surface area contributed by atoms with Crippen LogP contribution < -0.4 is 5.32 Å². The van der Waals surface area contributed by atoms with Gasteiger partial charge < -0.3 is 25.2 Å². The molecule has 4 atom stereocenters. The van der Waals surface area contributed by atoms with Crippen molar-refractivity contribution < 1.29 is 28.5 Å². The molecule has 19 heavy (non-hydrogen) atoms. The van der Waals surface area contributed by atoms with E-state index in [9.17, 15) is 18.7 Å². The fraction of sp³-hybridized carbons (Fsp3) is 0.545. The van der Waals surface area contributed by atoms with E-state index in [4.69, 9.17) is 9.84 Å². The summed E-state index contributed by atoms with van der Waals surface area (Å²) in [5.41, 5.74) is -2.23. The molecule has 2 aliphatic heterocycles. The Labute approximate surface area is 108 Å². The number of nitrogens with one attached hydrogen (secondary N) is 1. The van der Waals surface area contributed by atoms with E-state index in [2.05, 4.69) is 11.9 Å². The van der Waals surface area contributed by atoms with E-state index >= 15 is 0 Å². The van der Waals surface area contributed by atoms with Crippen LogP contribution >= 0.6 is 0 Å². The predicted octanol–water partition coefficient (Wildman–Crippen LogP) is -0.493. The first-order valence-electron chi connectivity index (χ1n) is 5.53. The maximum absolute atomic E-state index is 14.0. The summed E-state index contributed by atoms with van der Waals surface area (Å²) in [6.45, 7) is 3.30. The van der Waals surface area contributed by atoms with Crippen LogP contribution in [0.4, 0.5) is 8.78 Å². The quantitative estimate of drug-likeness (QED) is 0.634. The predicted molar refractivity (Wildman–Crippen MR) is 59.6 cm³/mol. The monoisotopic (exact) mass is 276 g/mol. The summed E-state index contributed by atoms with van der Waals surface area (Å²) >= 11 is 0. The van der Waals surface area contributed by atoms with Gasteiger partial charge in [0, 0.05) is 12.3 Å². The molecule has 0 radical (unpaired) electrons. The molecule has 6 nitrogen and oxygen atoms in total. The van der Waals surface area contributed by atoms with Gasteiger partial charge in [-0.1, -0.05) is 6.58 Å². The summed E-state index contributed by atoms with van der Waals surface area (Å²) in [4.78, 5) is 12.2. The summed E-state index contributed by atoms with van der Waals surface area (Å²) in [7, 11) is 0. The number of carbonyl (C=O) groups excluding carboxylic acids is 1. The summed E-state index contributed by atoms with van der Waals surface area (Å²) in [5.74, 6) is -3.46. The van der Waals surface area contributed by atoms with Crippen molar-refractivity contribution in [1.29, 1.82) is 0 Å². The van der Waals surface area contributed by atoms with Gasteiger partial charge in [-0.05, 0) is 6.92 Å². The van der Waals surface area contributed by atoms with Crippen LogP contribution in [0.2, 0.25) is 0 Å². The number of carbonyl (C=O) groups is 1. The molecule has 0 saturated carbocycles. The van der Waals surface area contributed by atoms with Crippen LogP contribution in [0.25, 0.3) is 0 Å². The highest BCUT2D eigenvalue weighted by molar-refractivity contribution is 5.89. The highest BCUT2D eigenvalue weighted by atomic mass is 19.2. The molecule has 106 valence electrons. The summed E-state index contributed by atoms with van der Waals surface area (Å²) in [5, 5.41) is 21.2. The van der Waals surface area contributed by atoms with Crippen LogP contribution in [0.1, 0.15) is 6.92 Å². The lowest BCUT2D eigenvalue weighted by atomic mass is 9.96.